The monoisotopic (exact) mass is 288 g/mol. The Kier molecular flexibility index (Phi) is 3.75. The van der Waals surface area contributed by atoms with Gasteiger partial charge in [-0.2, -0.15) is 15.4 Å². The van der Waals surface area contributed by atoms with Crippen molar-refractivity contribution in [3.63, 3.8) is 0 Å². The Labute approximate surface area is 120 Å². The Bertz CT molecular complexity index is 767. The molecule has 8 heteroatoms. The van der Waals surface area contributed by atoms with Gasteiger partial charge in [-0.05, 0) is 25.5 Å². The van der Waals surface area contributed by atoms with Gasteiger partial charge in [-0.15, -0.1) is 4.73 Å². The fourth-order valence-electron chi connectivity index (χ4n) is 1.87. The second-order valence-corrected chi connectivity index (χ2v) is 4.24. The van der Waals surface area contributed by atoms with Crippen LogP contribution in [0.5, 0.6) is 0 Å². The maximum atomic E-state index is 12.3. The molecule has 0 fully saturated rings. The number of hydrogen-bond acceptors (Lipinski definition) is 5. The van der Waals surface area contributed by atoms with Crippen LogP contribution in [0, 0.1) is 28.7 Å². The number of benzene rings is 1. The Hall–Kier alpha value is -3.08. The third kappa shape index (κ3) is 2.49. The minimum atomic E-state index is -0.912. The molecule has 1 heterocycles. The average molecular weight is 288 g/mol. The van der Waals surface area contributed by atoms with Gasteiger partial charge in [0.1, 0.15) is 0 Å². The average Bonchev–Trinajstić information content (AvgIpc) is 2.45. The van der Waals surface area contributed by atoms with Crippen LogP contribution < -0.4 is 14.8 Å². The molecule has 2 rings (SSSR count). The molecule has 0 radical (unpaired) electrons. The zero-order chi connectivity index (χ0) is 15.6. The molecule has 8 nitrogen and oxygen atoms in total. The molecule has 0 aliphatic heterocycles. The molecule has 0 atom stereocenters. The maximum Gasteiger partial charge on any atom is 0.505 e. The van der Waals surface area contributed by atoms with Gasteiger partial charge < -0.3 is 15.2 Å². The van der Waals surface area contributed by atoms with Gasteiger partial charge in [-0.1, -0.05) is 6.07 Å². The van der Waals surface area contributed by atoms with Crippen LogP contribution in [-0.4, -0.2) is 12.7 Å². The van der Waals surface area contributed by atoms with E-state index < -0.39 is 17.6 Å². The molecule has 0 aliphatic rings. The first-order valence-electron chi connectivity index (χ1n) is 6.13. The van der Waals surface area contributed by atoms with Crippen LogP contribution in [0.2, 0.25) is 0 Å². The van der Waals surface area contributed by atoms with Gasteiger partial charge in [0.2, 0.25) is 5.52 Å². The molecule has 1 aromatic heterocycles. The normalized spacial score (nSPS) is 10.1. The van der Waals surface area contributed by atoms with E-state index in [2.05, 4.69) is 10.1 Å². The lowest BCUT2D eigenvalue weighted by Gasteiger charge is -2.12. The first-order valence-corrected chi connectivity index (χ1v) is 6.13. The van der Waals surface area contributed by atoms with Gasteiger partial charge >= 0.3 is 17.6 Å². The third-order valence-electron chi connectivity index (χ3n) is 2.80. The van der Waals surface area contributed by atoms with Crippen LogP contribution in [0.1, 0.15) is 18.2 Å². The van der Waals surface area contributed by atoms with Crippen molar-refractivity contribution in [1.82, 2.24) is 0 Å². The van der Waals surface area contributed by atoms with Crippen LogP contribution >= 0.6 is 0 Å². The van der Waals surface area contributed by atoms with Crippen LogP contribution in [-0.2, 0) is 4.74 Å². The molecule has 1 N–H and O–H groups in total. The van der Waals surface area contributed by atoms with E-state index in [-0.39, 0.29) is 17.6 Å². The van der Waals surface area contributed by atoms with E-state index >= 15 is 0 Å². The zero-order valence-corrected chi connectivity index (χ0v) is 11.4. The summed E-state index contributed by atoms with van der Waals surface area (Å²) in [7, 11) is 0. The number of nitriles is 1. The van der Waals surface area contributed by atoms with Gasteiger partial charge in [0.15, 0.2) is 6.07 Å². The third-order valence-corrected chi connectivity index (χ3v) is 2.80. The predicted octanol–water partition coefficient (Wildman–Crippen LogP) is 0.855. The summed E-state index contributed by atoms with van der Waals surface area (Å²) in [6.07, 6.45) is -0.912. The predicted molar refractivity (Wildman–Crippen MR) is 72.0 cm³/mol. The lowest BCUT2D eigenvalue weighted by molar-refractivity contribution is -0.620. The molecule has 108 valence electrons. The number of hydrogen-bond donors (Lipinski definition) is 1. The number of carbonyl (C=O) groups excluding carboxylic acids is 1. The highest BCUT2D eigenvalue weighted by molar-refractivity contribution is 5.84. The van der Waals surface area contributed by atoms with Crippen LogP contribution in [0.4, 0.5) is 10.6 Å². The van der Waals surface area contributed by atoms with Crippen molar-refractivity contribution < 1.29 is 19.0 Å². The minimum Gasteiger partial charge on any atom is -0.710 e. The minimum absolute atomic E-state index is 0.0430. The Morgan fingerprint density at radius 1 is 1.38 bits per heavy atom. The quantitative estimate of drug-likeness (QED) is 0.649. The smallest absolute Gasteiger partial charge is 0.505 e. The summed E-state index contributed by atoms with van der Waals surface area (Å²) >= 11 is 0. The lowest BCUT2D eigenvalue weighted by Crippen LogP contribution is -2.44. The number of rotatable bonds is 2. The van der Waals surface area contributed by atoms with E-state index in [0.717, 1.165) is 5.56 Å². The molecule has 0 spiro atoms. The highest BCUT2D eigenvalue weighted by Crippen LogP contribution is 2.14. The number of carbonyl (C=O) groups is 1. The second kappa shape index (κ2) is 5.50. The summed E-state index contributed by atoms with van der Waals surface area (Å²) < 4.78 is 5.30. The van der Waals surface area contributed by atoms with Crippen molar-refractivity contribution in [3.05, 3.63) is 39.9 Å². The van der Waals surface area contributed by atoms with Gasteiger partial charge in [-0.25, -0.2) is 4.73 Å². The Balaban J connectivity index is 2.70. The molecular formula is C13H12N4O4. The van der Waals surface area contributed by atoms with E-state index in [4.69, 9.17) is 5.26 Å². The molecule has 0 aliphatic carbocycles. The van der Waals surface area contributed by atoms with Crippen molar-refractivity contribution in [3.8, 4) is 6.07 Å². The number of aryl methyl sites for hydroxylation is 1. The fraction of sp³-hybridized carbons (Fsp3) is 0.231. The number of anilines is 1. The van der Waals surface area contributed by atoms with Crippen LogP contribution in [0.25, 0.3) is 11.0 Å². The summed E-state index contributed by atoms with van der Waals surface area (Å²) in [4.78, 5) is 11.4. The molecule has 1 amide bonds. The van der Waals surface area contributed by atoms with E-state index in [0.29, 0.717) is 9.46 Å². The van der Waals surface area contributed by atoms with Crippen molar-refractivity contribution in [1.29, 1.82) is 5.26 Å². The molecule has 2 aromatic rings. The fourth-order valence-corrected chi connectivity index (χ4v) is 1.87. The lowest BCUT2D eigenvalue weighted by atomic mass is 10.2. The van der Waals surface area contributed by atoms with E-state index in [1.807, 2.05) is 0 Å². The Morgan fingerprint density at radius 2 is 2.10 bits per heavy atom. The van der Waals surface area contributed by atoms with Gasteiger partial charge in [0, 0.05) is 6.07 Å². The van der Waals surface area contributed by atoms with E-state index in [1.165, 1.54) is 12.1 Å². The first-order chi connectivity index (χ1) is 9.99. The topological polar surface area (TPSA) is 116 Å². The van der Waals surface area contributed by atoms with Crippen molar-refractivity contribution in [2.75, 3.05) is 11.9 Å². The molecule has 1 aromatic carbocycles. The van der Waals surface area contributed by atoms with Crippen molar-refractivity contribution >= 4 is 22.9 Å². The summed E-state index contributed by atoms with van der Waals surface area (Å²) in [5, 5.41) is 35.6. The molecule has 21 heavy (non-hydrogen) atoms. The number of fused-ring (bicyclic) bond motifs is 1. The SMILES string of the molecule is CCOC(=O)Nc1c(C#N)[n+]([O-])c2cc(C)ccc2[n+]1[O-]. The number of nitrogens with zero attached hydrogens (tertiary/aromatic N) is 3. The van der Waals surface area contributed by atoms with E-state index in [1.54, 1.807) is 26.0 Å². The second-order valence-electron chi connectivity index (χ2n) is 4.24. The standard InChI is InChI=1S/C13H12N4O4/c1-3-21-13(18)15-12-11(7-14)16(19)10-6-8(2)4-5-9(10)17(12)20/h4-6H,3H2,1-2H3,(H,15,18). The maximum absolute atomic E-state index is 12.3. The van der Waals surface area contributed by atoms with Gasteiger partial charge in [-0.3, -0.25) is 0 Å². The van der Waals surface area contributed by atoms with E-state index in [9.17, 15) is 15.2 Å². The van der Waals surface area contributed by atoms with Crippen molar-refractivity contribution in [2.24, 2.45) is 0 Å². The highest BCUT2D eigenvalue weighted by atomic mass is 16.5. The first kappa shape index (κ1) is 14.3. The van der Waals surface area contributed by atoms with Crippen LogP contribution in [0.15, 0.2) is 18.2 Å². The summed E-state index contributed by atoms with van der Waals surface area (Å²) in [6, 6.07) is 6.21. The summed E-state index contributed by atoms with van der Waals surface area (Å²) in [6.45, 7) is 3.44. The summed E-state index contributed by atoms with van der Waals surface area (Å²) in [5.41, 5.74) is 0.357. The van der Waals surface area contributed by atoms with Gasteiger partial charge in [0.05, 0.1) is 6.61 Å². The number of aromatic nitrogens is 2. The molecule has 0 saturated heterocycles. The largest absolute Gasteiger partial charge is 0.710 e. The van der Waals surface area contributed by atoms with Crippen LogP contribution in [0.3, 0.4) is 0 Å². The van der Waals surface area contributed by atoms with Gasteiger partial charge in [0.25, 0.3) is 5.52 Å². The highest BCUT2D eigenvalue weighted by Gasteiger charge is 2.29. The number of nitrogens with one attached hydrogen (secondary N) is 1. The Morgan fingerprint density at radius 3 is 2.71 bits per heavy atom. The number of ether oxygens (including phenoxy) is 1. The number of amides is 1. The molecule has 0 saturated carbocycles. The van der Waals surface area contributed by atoms with Crippen molar-refractivity contribution in [2.45, 2.75) is 13.8 Å². The summed E-state index contributed by atoms with van der Waals surface area (Å²) in [5.74, 6) is -0.456. The molecule has 0 unspecified atom stereocenters. The molecular weight excluding hydrogens is 276 g/mol. The zero-order valence-electron chi connectivity index (χ0n) is 11.4. The molecule has 0 bridgehead atoms.